The number of rotatable bonds is 6. The van der Waals surface area contributed by atoms with E-state index < -0.39 is 16.0 Å². The Hall–Kier alpha value is -2.29. The third kappa shape index (κ3) is 5.93. The van der Waals surface area contributed by atoms with Crippen molar-refractivity contribution in [3.8, 4) is 0 Å². The Morgan fingerprint density at radius 3 is 2.16 bits per heavy atom. The van der Waals surface area contributed by atoms with E-state index in [1.807, 2.05) is 0 Å². The third-order valence-electron chi connectivity index (χ3n) is 4.21. The second-order valence-electron chi connectivity index (χ2n) is 6.07. The molecule has 25 heavy (non-hydrogen) atoms. The Bertz CT molecular complexity index is 710. The number of aliphatic carboxylic acids is 1. The van der Waals surface area contributed by atoms with Gasteiger partial charge in [0.15, 0.2) is 0 Å². The SMILES string of the molecule is CCS(=O)(=O)Nc1ccc(NC(=O)NC2CCC(C(=O)O)CC2)cc1. The van der Waals surface area contributed by atoms with Gasteiger partial charge in [-0.3, -0.25) is 9.52 Å². The Morgan fingerprint density at radius 2 is 1.64 bits per heavy atom. The minimum Gasteiger partial charge on any atom is -0.481 e. The van der Waals surface area contributed by atoms with Crippen LogP contribution in [0, 0.1) is 5.92 Å². The molecule has 9 heteroatoms. The highest BCUT2D eigenvalue weighted by Gasteiger charge is 2.26. The molecule has 1 aromatic rings. The first-order valence-electron chi connectivity index (χ1n) is 8.20. The largest absolute Gasteiger partial charge is 0.481 e. The molecular formula is C16H23N3O5S. The topological polar surface area (TPSA) is 125 Å². The number of carbonyl (C=O) groups is 2. The molecule has 0 radical (unpaired) electrons. The second kappa shape index (κ2) is 8.19. The molecule has 1 aliphatic carbocycles. The first-order chi connectivity index (χ1) is 11.8. The summed E-state index contributed by atoms with van der Waals surface area (Å²) >= 11 is 0. The van der Waals surface area contributed by atoms with E-state index in [0.29, 0.717) is 37.1 Å². The summed E-state index contributed by atoms with van der Waals surface area (Å²) in [5.41, 5.74) is 0.968. The highest BCUT2D eigenvalue weighted by Crippen LogP contribution is 2.24. The van der Waals surface area contributed by atoms with Crippen LogP contribution in [0.15, 0.2) is 24.3 Å². The predicted molar refractivity (Wildman–Crippen MR) is 95.1 cm³/mol. The van der Waals surface area contributed by atoms with Gasteiger partial charge in [-0.05, 0) is 56.9 Å². The van der Waals surface area contributed by atoms with E-state index in [4.69, 9.17) is 5.11 Å². The van der Waals surface area contributed by atoms with Gasteiger partial charge in [-0.25, -0.2) is 13.2 Å². The van der Waals surface area contributed by atoms with Crippen LogP contribution in [0.4, 0.5) is 16.2 Å². The van der Waals surface area contributed by atoms with Crippen LogP contribution in [0.2, 0.25) is 0 Å². The van der Waals surface area contributed by atoms with E-state index in [2.05, 4.69) is 15.4 Å². The highest BCUT2D eigenvalue weighted by atomic mass is 32.2. The van der Waals surface area contributed by atoms with Crippen molar-refractivity contribution in [1.29, 1.82) is 0 Å². The van der Waals surface area contributed by atoms with Crippen LogP contribution in [0.1, 0.15) is 32.6 Å². The van der Waals surface area contributed by atoms with Gasteiger partial charge in [0, 0.05) is 17.4 Å². The number of carboxylic acid groups (broad SMARTS) is 1. The number of hydrogen-bond donors (Lipinski definition) is 4. The molecule has 1 saturated carbocycles. The van der Waals surface area contributed by atoms with Crippen LogP contribution in [-0.4, -0.2) is 37.3 Å². The molecule has 1 fully saturated rings. The van der Waals surface area contributed by atoms with Crippen LogP contribution >= 0.6 is 0 Å². The molecule has 0 heterocycles. The van der Waals surface area contributed by atoms with E-state index in [0.717, 1.165) is 0 Å². The fourth-order valence-corrected chi connectivity index (χ4v) is 3.35. The average molecular weight is 369 g/mol. The molecule has 1 aliphatic rings. The zero-order chi connectivity index (χ0) is 18.4. The summed E-state index contributed by atoms with van der Waals surface area (Å²) in [5, 5.41) is 14.5. The van der Waals surface area contributed by atoms with E-state index in [9.17, 15) is 18.0 Å². The molecule has 0 bridgehead atoms. The van der Waals surface area contributed by atoms with Crippen molar-refractivity contribution in [3.05, 3.63) is 24.3 Å². The molecule has 0 atom stereocenters. The van der Waals surface area contributed by atoms with E-state index in [1.165, 1.54) is 0 Å². The van der Waals surface area contributed by atoms with Gasteiger partial charge in [0.1, 0.15) is 0 Å². The molecule has 138 valence electrons. The van der Waals surface area contributed by atoms with Gasteiger partial charge in [0.05, 0.1) is 11.7 Å². The number of hydrogen-bond acceptors (Lipinski definition) is 4. The minimum absolute atomic E-state index is 0.0144. The number of carbonyl (C=O) groups excluding carboxylic acids is 1. The lowest BCUT2D eigenvalue weighted by molar-refractivity contribution is -0.142. The Labute approximate surface area is 147 Å². The molecule has 0 aromatic heterocycles. The number of urea groups is 1. The molecule has 0 saturated heterocycles. The van der Waals surface area contributed by atoms with Gasteiger partial charge in [-0.2, -0.15) is 0 Å². The number of nitrogens with one attached hydrogen (secondary N) is 3. The quantitative estimate of drug-likeness (QED) is 0.612. The van der Waals surface area contributed by atoms with Crippen LogP contribution in [0.5, 0.6) is 0 Å². The normalized spacial score (nSPS) is 20.5. The smallest absolute Gasteiger partial charge is 0.319 e. The Balaban J connectivity index is 1.82. The highest BCUT2D eigenvalue weighted by molar-refractivity contribution is 7.92. The number of anilines is 2. The van der Waals surface area contributed by atoms with Crippen molar-refractivity contribution in [2.75, 3.05) is 15.8 Å². The van der Waals surface area contributed by atoms with Crippen LogP contribution in [0.25, 0.3) is 0 Å². The molecule has 4 N–H and O–H groups in total. The van der Waals surface area contributed by atoms with Crippen molar-refractivity contribution in [2.24, 2.45) is 5.92 Å². The van der Waals surface area contributed by atoms with E-state index in [-0.39, 0.29) is 23.7 Å². The van der Waals surface area contributed by atoms with Crippen molar-refractivity contribution < 1.29 is 23.1 Å². The van der Waals surface area contributed by atoms with E-state index >= 15 is 0 Å². The van der Waals surface area contributed by atoms with Gasteiger partial charge < -0.3 is 15.7 Å². The van der Waals surface area contributed by atoms with Crippen LogP contribution in [0.3, 0.4) is 0 Å². The summed E-state index contributed by atoms with van der Waals surface area (Å²) in [6.07, 6.45) is 2.41. The number of sulfonamides is 1. The van der Waals surface area contributed by atoms with Crippen molar-refractivity contribution in [2.45, 2.75) is 38.6 Å². The number of amides is 2. The first kappa shape index (κ1) is 19.0. The van der Waals surface area contributed by atoms with Crippen molar-refractivity contribution in [3.63, 3.8) is 0 Å². The van der Waals surface area contributed by atoms with Gasteiger partial charge in [0.25, 0.3) is 0 Å². The molecule has 1 aromatic carbocycles. The standard InChI is InChI=1S/C16H23N3O5S/c1-2-25(23,24)19-14-9-7-13(8-10-14)18-16(22)17-12-5-3-11(4-6-12)15(20)21/h7-12,19H,2-6H2,1H3,(H,20,21)(H2,17,18,22). The van der Waals surface area contributed by atoms with Crippen LogP contribution in [-0.2, 0) is 14.8 Å². The average Bonchev–Trinajstić information content (AvgIpc) is 2.57. The lowest BCUT2D eigenvalue weighted by Crippen LogP contribution is -2.40. The molecule has 0 aliphatic heterocycles. The maximum absolute atomic E-state index is 12.0. The summed E-state index contributed by atoms with van der Waals surface area (Å²) in [4.78, 5) is 22.9. The second-order valence-corrected chi connectivity index (χ2v) is 8.08. The summed E-state index contributed by atoms with van der Waals surface area (Å²) in [7, 11) is -3.33. The fraction of sp³-hybridized carbons (Fsp3) is 0.500. The van der Waals surface area contributed by atoms with Crippen LogP contribution < -0.4 is 15.4 Å². The Morgan fingerprint density at radius 1 is 1.08 bits per heavy atom. The number of benzene rings is 1. The molecular weight excluding hydrogens is 346 g/mol. The fourth-order valence-electron chi connectivity index (χ4n) is 2.71. The maximum atomic E-state index is 12.0. The lowest BCUT2D eigenvalue weighted by atomic mass is 9.86. The molecule has 0 unspecified atom stereocenters. The number of carboxylic acids is 1. The molecule has 2 rings (SSSR count). The summed E-state index contributed by atoms with van der Waals surface area (Å²) in [5.74, 6) is -1.11. The van der Waals surface area contributed by atoms with E-state index in [1.54, 1.807) is 31.2 Å². The zero-order valence-corrected chi connectivity index (χ0v) is 14.8. The lowest BCUT2D eigenvalue weighted by Gasteiger charge is -2.26. The van der Waals surface area contributed by atoms with Gasteiger partial charge in [0.2, 0.25) is 10.0 Å². The minimum atomic E-state index is -3.33. The summed E-state index contributed by atoms with van der Waals surface area (Å²) in [6, 6.07) is 5.96. The maximum Gasteiger partial charge on any atom is 0.319 e. The van der Waals surface area contributed by atoms with Crippen molar-refractivity contribution in [1.82, 2.24) is 5.32 Å². The molecule has 2 amide bonds. The third-order valence-corrected chi connectivity index (χ3v) is 5.51. The van der Waals surface area contributed by atoms with Crippen molar-refractivity contribution >= 4 is 33.4 Å². The van der Waals surface area contributed by atoms with Gasteiger partial charge in [-0.1, -0.05) is 0 Å². The first-order valence-corrected chi connectivity index (χ1v) is 9.85. The monoisotopic (exact) mass is 369 g/mol. The van der Waals surface area contributed by atoms with Gasteiger partial charge in [-0.15, -0.1) is 0 Å². The predicted octanol–water partition coefficient (Wildman–Crippen LogP) is 2.21. The van der Waals surface area contributed by atoms with Gasteiger partial charge >= 0.3 is 12.0 Å². The zero-order valence-electron chi connectivity index (χ0n) is 14.0. The molecule has 0 spiro atoms. The Kier molecular flexibility index (Phi) is 6.24. The molecule has 8 nitrogen and oxygen atoms in total. The summed E-state index contributed by atoms with van der Waals surface area (Å²) < 4.78 is 25.4. The summed E-state index contributed by atoms with van der Waals surface area (Å²) in [6.45, 7) is 1.55.